The Hall–Kier alpha value is -2.98. The molecular weight excluding hydrogens is 362 g/mol. The zero-order valence-corrected chi connectivity index (χ0v) is 15.4. The summed E-state index contributed by atoms with van der Waals surface area (Å²) in [6.45, 7) is 0.900. The second kappa shape index (κ2) is 9.10. The zero-order valence-electron chi connectivity index (χ0n) is 14.7. The average Bonchev–Trinajstić information content (AvgIpc) is 2.69. The fourth-order valence-corrected chi connectivity index (χ4v) is 2.82. The Kier molecular flexibility index (Phi) is 6.34. The lowest BCUT2D eigenvalue weighted by molar-refractivity contribution is 0.0948. The molecule has 0 unspecified atom stereocenters. The lowest BCUT2D eigenvalue weighted by atomic mass is 10.1. The minimum Gasteiger partial charge on any atom is -0.507 e. The van der Waals surface area contributed by atoms with Crippen LogP contribution in [0.1, 0.15) is 21.5 Å². The molecule has 0 bridgehead atoms. The molecule has 138 valence electrons. The molecule has 0 spiro atoms. The maximum absolute atomic E-state index is 12.2. The average molecular weight is 382 g/mol. The van der Waals surface area contributed by atoms with Crippen LogP contribution in [-0.2, 0) is 13.0 Å². The van der Waals surface area contributed by atoms with E-state index < -0.39 is 0 Å². The molecule has 2 N–H and O–H groups in total. The smallest absolute Gasteiger partial charge is 0.255 e. The van der Waals surface area contributed by atoms with Gasteiger partial charge in [-0.05, 0) is 41.5 Å². The molecule has 0 radical (unpaired) electrons. The van der Waals surface area contributed by atoms with Gasteiger partial charge < -0.3 is 15.2 Å². The summed E-state index contributed by atoms with van der Waals surface area (Å²) >= 11 is 5.88. The van der Waals surface area contributed by atoms with Crippen LogP contribution >= 0.6 is 11.6 Å². The Morgan fingerprint density at radius 2 is 1.74 bits per heavy atom. The predicted octanol–water partition coefficient (Wildman–Crippen LogP) is 4.60. The van der Waals surface area contributed by atoms with Gasteiger partial charge in [-0.15, -0.1) is 0 Å². The Bertz CT molecular complexity index is 912. The molecule has 0 saturated carbocycles. The minimum atomic E-state index is -0.384. The molecule has 3 aromatic rings. The monoisotopic (exact) mass is 381 g/mol. The summed E-state index contributed by atoms with van der Waals surface area (Å²) in [6, 6.07) is 22.1. The molecule has 0 atom stereocenters. The number of aromatic hydroxyl groups is 1. The van der Waals surface area contributed by atoms with Crippen molar-refractivity contribution in [2.45, 2.75) is 13.0 Å². The summed E-state index contributed by atoms with van der Waals surface area (Å²) in [5, 5.41) is 13.0. The standard InChI is InChI=1S/C22H20ClNO3/c23-18-9-10-21(25)20(14-18)22(26)24-15-17-7-4-8-19(13-17)27-12-11-16-5-2-1-3-6-16/h1-10,13-14,25H,11-12,15H2,(H,24,26). The number of halogens is 1. The van der Waals surface area contributed by atoms with Crippen LogP contribution in [0.15, 0.2) is 72.8 Å². The van der Waals surface area contributed by atoms with Gasteiger partial charge in [-0.2, -0.15) is 0 Å². The molecule has 0 aliphatic heterocycles. The molecule has 27 heavy (non-hydrogen) atoms. The molecule has 5 heteroatoms. The van der Waals surface area contributed by atoms with Crippen molar-refractivity contribution < 1.29 is 14.6 Å². The molecule has 4 nitrogen and oxygen atoms in total. The second-order valence-corrected chi connectivity index (χ2v) is 6.51. The van der Waals surface area contributed by atoms with Gasteiger partial charge in [0.1, 0.15) is 11.5 Å². The molecule has 3 rings (SSSR count). The number of benzene rings is 3. The third-order valence-electron chi connectivity index (χ3n) is 4.06. The van der Waals surface area contributed by atoms with Crippen molar-refractivity contribution >= 4 is 17.5 Å². The van der Waals surface area contributed by atoms with Crippen molar-refractivity contribution in [3.8, 4) is 11.5 Å². The lowest BCUT2D eigenvalue weighted by Crippen LogP contribution is -2.22. The summed E-state index contributed by atoms with van der Waals surface area (Å²) in [5.74, 6) is 0.267. The van der Waals surface area contributed by atoms with E-state index in [1.807, 2.05) is 42.5 Å². The Morgan fingerprint density at radius 3 is 2.56 bits per heavy atom. The number of nitrogens with one attached hydrogen (secondary N) is 1. The zero-order chi connectivity index (χ0) is 19.1. The van der Waals surface area contributed by atoms with Crippen LogP contribution in [0.4, 0.5) is 0 Å². The van der Waals surface area contributed by atoms with Crippen molar-refractivity contribution in [1.29, 1.82) is 0 Å². The van der Waals surface area contributed by atoms with Gasteiger partial charge in [0.2, 0.25) is 0 Å². The van der Waals surface area contributed by atoms with Crippen LogP contribution in [0.5, 0.6) is 11.5 Å². The van der Waals surface area contributed by atoms with Crippen LogP contribution in [-0.4, -0.2) is 17.6 Å². The van der Waals surface area contributed by atoms with Crippen LogP contribution < -0.4 is 10.1 Å². The van der Waals surface area contributed by atoms with E-state index in [4.69, 9.17) is 16.3 Å². The largest absolute Gasteiger partial charge is 0.507 e. The summed E-state index contributed by atoms with van der Waals surface area (Å²) in [6.07, 6.45) is 0.829. The summed E-state index contributed by atoms with van der Waals surface area (Å²) < 4.78 is 5.81. The van der Waals surface area contributed by atoms with Gasteiger partial charge in [-0.25, -0.2) is 0 Å². The number of rotatable bonds is 7. The molecule has 3 aromatic carbocycles. The van der Waals surface area contributed by atoms with Crippen LogP contribution in [0.25, 0.3) is 0 Å². The summed E-state index contributed by atoms with van der Waals surface area (Å²) in [4.78, 5) is 12.2. The third kappa shape index (κ3) is 5.50. The number of carbonyl (C=O) groups is 1. The van der Waals surface area contributed by atoms with Crippen molar-refractivity contribution in [3.63, 3.8) is 0 Å². The predicted molar refractivity (Wildman–Crippen MR) is 106 cm³/mol. The van der Waals surface area contributed by atoms with Gasteiger partial charge in [0, 0.05) is 18.0 Å². The molecule has 0 fully saturated rings. The van der Waals surface area contributed by atoms with Gasteiger partial charge in [0.05, 0.1) is 12.2 Å². The Balaban J connectivity index is 1.54. The third-order valence-corrected chi connectivity index (χ3v) is 4.29. The van der Waals surface area contributed by atoms with Crippen molar-refractivity contribution in [3.05, 3.63) is 94.5 Å². The van der Waals surface area contributed by atoms with E-state index in [-0.39, 0.29) is 17.2 Å². The maximum Gasteiger partial charge on any atom is 0.255 e. The lowest BCUT2D eigenvalue weighted by Gasteiger charge is -2.10. The maximum atomic E-state index is 12.2. The van der Waals surface area contributed by atoms with E-state index >= 15 is 0 Å². The Labute approximate surface area is 163 Å². The van der Waals surface area contributed by atoms with E-state index in [0.717, 1.165) is 17.7 Å². The summed E-state index contributed by atoms with van der Waals surface area (Å²) in [5.41, 5.74) is 2.28. The first-order valence-corrected chi connectivity index (χ1v) is 9.02. The number of ether oxygens (including phenoxy) is 1. The first-order valence-electron chi connectivity index (χ1n) is 8.64. The first kappa shape index (κ1) is 18.8. The van der Waals surface area contributed by atoms with Gasteiger partial charge in [-0.1, -0.05) is 54.1 Å². The Morgan fingerprint density at radius 1 is 0.963 bits per heavy atom. The molecule has 1 amide bonds. The van der Waals surface area contributed by atoms with E-state index in [2.05, 4.69) is 17.4 Å². The molecule has 0 aliphatic rings. The van der Waals surface area contributed by atoms with Gasteiger partial charge >= 0.3 is 0 Å². The highest BCUT2D eigenvalue weighted by Gasteiger charge is 2.11. The summed E-state index contributed by atoms with van der Waals surface area (Å²) in [7, 11) is 0. The van der Waals surface area contributed by atoms with Gasteiger partial charge in [0.15, 0.2) is 0 Å². The first-order chi connectivity index (χ1) is 13.1. The van der Waals surface area contributed by atoms with E-state index in [0.29, 0.717) is 18.2 Å². The number of phenolic OH excluding ortho intramolecular Hbond substituents is 1. The van der Waals surface area contributed by atoms with Crippen LogP contribution in [0.3, 0.4) is 0 Å². The molecule has 0 aliphatic carbocycles. The highest BCUT2D eigenvalue weighted by molar-refractivity contribution is 6.31. The fraction of sp³-hybridized carbons (Fsp3) is 0.136. The van der Waals surface area contributed by atoms with Crippen LogP contribution in [0.2, 0.25) is 5.02 Å². The minimum absolute atomic E-state index is 0.102. The number of phenols is 1. The fourth-order valence-electron chi connectivity index (χ4n) is 2.64. The van der Waals surface area contributed by atoms with Crippen molar-refractivity contribution in [2.75, 3.05) is 6.61 Å². The SMILES string of the molecule is O=C(NCc1cccc(OCCc2ccccc2)c1)c1cc(Cl)ccc1O. The number of hydrogen-bond acceptors (Lipinski definition) is 3. The molecule has 0 heterocycles. The van der Waals surface area contributed by atoms with E-state index in [1.165, 1.54) is 23.8 Å². The van der Waals surface area contributed by atoms with Gasteiger partial charge in [0.25, 0.3) is 5.91 Å². The highest BCUT2D eigenvalue weighted by Crippen LogP contribution is 2.21. The highest BCUT2D eigenvalue weighted by atomic mass is 35.5. The normalized spacial score (nSPS) is 10.4. The van der Waals surface area contributed by atoms with E-state index in [9.17, 15) is 9.90 Å². The van der Waals surface area contributed by atoms with E-state index in [1.54, 1.807) is 0 Å². The molecular formula is C22H20ClNO3. The van der Waals surface area contributed by atoms with Gasteiger partial charge in [-0.3, -0.25) is 4.79 Å². The van der Waals surface area contributed by atoms with Crippen molar-refractivity contribution in [2.24, 2.45) is 0 Å². The molecule has 0 saturated heterocycles. The molecule has 0 aromatic heterocycles. The number of hydrogen-bond donors (Lipinski definition) is 2. The van der Waals surface area contributed by atoms with Crippen LogP contribution in [0, 0.1) is 0 Å². The number of carbonyl (C=O) groups excluding carboxylic acids is 1. The number of amides is 1. The quantitative estimate of drug-likeness (QED) is 0.629. The topological polar surface area (TPSA) is 58.6 Å². The van der Waals surface area contributed by atoms with Crippen molar-refractivity contribution in [1.82, 2.24) is 5.32 Å². The second-order valence-electron chi connectivity index (χ2n) is 6.08.